The van der Waals surface area contributed by atoms with Gasteiger partial charge < -0.3 is 5.11 Å². The lowest BCUT2D eigenvalue weighted by molar-refractivity contribution is 0.307. The summed E-state index contributed by atoms with van der Waals surface area (Å²) in [6, 6.07) is 0. The molecule has 2 nitrogen and oxygen atoms in total. The second-order valence-electron chi connectivity index (χ2n) is 2.04. The summed E-state index contributed by atoms with van der Waals surface area (Å²) in [5.74, 6) is -0.291. The number of aliphatic hydroxyl groups is 1. The number of hydrogen-bond donors (Lipinski definition) is 1. The van der Waals surface area contributed by atoms with E-state index in [1.54, 1.807) is 6.92 Å². The molecule has 64 valence electrons. The molecule has 3 heteroatoms. The van der Waals surface area contributed by atoms with Gasteiger partial charge in [-0.1, -0.05) is 6.92 Å². The van der Waals surface area contributed by atoms with Gasteiger partial charge in [-0.25, -0.2) is 4.39 Å². The van der Waals surface area contributed by atoms with Crippen molar-refractivity contribution < 1.29 is 9.50 Å². The number of halogens is 1. The van der Waals surface area contributed by atoms with Crippen LogP contribution in [0, 0.1) is 0 Å². The van der Waals surface area contributed by atoms with Crippen molar-refractivity contribution in [2.75, 3.05) is 13.2 Å². The second kappa shape index (κ2) is 6.04. The van der Waals surface area contributed by atoms with Crippen LogP contribution in [0.3, 0.4) is 0 Å². The summed E-state index contributed by atoms with van der Waals surface area (Å²) in [6.07, 6.45) is 1.94. The molecule has 0 saturated heterocycles. The Morgan fingerprint density at radius 3 is 2.64 bits per heavy atom. The maximum absolute atomic E-state index is 12.8. The Morgan fingerprint density at radius 1 is 1.64 bits per heavy atom. The summed E-state index contributed by atoms with van der Waals surface area (Å²) in [5.41, 5.74) is 0.432. The normalized spacial score (nSPS) is 13.8. The molecule has 0 unspecified atom stereocenters. The molecule has 0 aliphatic heterocycles. The van der Waals surface area contributed by atoms with Gasteiger partial charge in [0.05, 0.1) is 18.9 Å². The molecule has 0 radical (unpaired) electrons. The van der Waals surface area contributed by atoms with Crippen molar-refractivity contribution in [1.82, 2.24) is 0 Å². The third kappa shape index (κ3) is 3.88. The Morgan fingerprint density at radius 2 is 2.27 bits per heavy atom. The van der Waals surface area contributed by atoms with E-state index in [-0.39, 0.29) is 19.0 Å². The van der Waals surface area contributed by atoms with Crippen LogP contribution in [0.25, 0.3) is 0 Å². The molecule has 0 heterocycles. The van der Waals surface area contributed by atoms with Gasteiger partial charge in [0.25, 0.3) is 0 Å². The van der Waals surface area contributed by atoms with E-state index in [1.165, 1.54) is 6.08 Å². The fourth-order valence-corrected chi connectivity index (χ4v) is 0.708. The number of allylic oxidation sites excluding steroid dienone is 2. The summed E-state index contributed by atoms with van der Waals surface area (Å²) >= 11 is 0. The molecule has 0 aliphatic rings. The average Bonchev–Trinajstić information content (AvgIpc) is 2.05. The van der Waals surface area contributed by atoms with Gasteiger partial charge in [0.15, 0.2) is 0 Å². The first-order valence-electron chi connectivity index (χ1n) is 3.72. The standard InChI is InChI=1S/C8H14FNO/c1-3-7(9)8(4-2)10-5-6-11/h3,11H,4-6H2,1-2H3/b7-3+,10-8?. The maximum Gasteiger partial charge on any atom is 0.139 e. The van der Waals surface area contributed by atoms with Crippen molar-refractivity contribution in [3.63, 3.8) is 0 Å². The fraction of sp³-hybridized carbons (Fsp3) is 0.625. The molecular formula is C8H14FNO. The van der Waals surface area contributed by atoms with Crippen molar-refractivity contribution in [2.24, 2.45) is 4.99 Å². The number of aliphatic hydroxyl groups excluding tert-OH is 1. The SMILES string of the molecule is C/C=C(/F)C(CC)=NCCO. The fourth-order valence-electron chi connectivity index (χ4n) is 0.708. The number of rotatable bonds is 4. The monoisotopic (exact) mass is 159 g/mol. The Kier molecular flexibility index (Phi) is 5.65. The van der Waals surface area contributed by atoms with E-state index in [0.717, 1.165) is 0 Å². The van der Waals surface area contributed by atoms with E-state index >= 15 is 0 Å². The van der Waals surface area contributed by atoms with Crippen LogP contribution in [0.5, 0.6) is 0 Å². The largest absolute Gasteiger partial charge is 0.394 e. The van der Waals surface area contributed by atoms with Gasteiger partial charge in [-0.15, -0.1) is 0 Å². The van der Waals surface area contributed by atoms with Crippen LogP contribution < -0.4 is 0 Å². The molecule has 0 aromatic rings. The van der Waals surface area contributed by atoms with E-state index < -0.39 is 0 Å². The average molecular weight is 159 g/mol. The minimum absolute atomic E-state index is 0.0273. The van der Waals surface area contributed by atoms with Gasteiger partial charge >= 0.3 is 0 Å². The third-order valence-corrected chi connectivity index (χ3v) is 1.27. The lowest BCUT2D eigenvalue weighted by Crippen LogP contribution is -2.00. The number of aliphatic imine (C=N–C) groups is 1. The van der Waals surface area contributed by atoms with E-state index in [0.29, 0.717) is 12.1 Å². The van der Waals surface area contributed by atoms with Crippen molar-refractivity contribution >= 4 is 5.71 Å². The lowest BCUT2D eigenvalue weighted by atomic mass is 10.2. The molecule has 0 aromatic carbocycles. The highest BCUT2D eigenvalue weighted by Gasteiger charge is 2.00. The van der Waals surface area contributed by atoms with Crippen LogP contribution in [0.15, 0.2) is 16.9 Å². The number of hydrogen-bond acceptors (Lipinski definition) is 2. The van der Waals surface area contributed by atoms with Crippen LogP contribution in [0.2, 0.25) is 0 Å². The molecule has 0 atom stereocenters. The van der Waals surface area contributed by atoms with Gasteiger partial charge in [0.2, 0.25) is 0 Å². The molecule has 0 aliphatic carbocycles. The van der Waals surface area contributed by atoms with Crippen LogP contribution in [-0.2, 0) is 0 Å². The predicted molar refractivity (Wildman–Crippen MR) is 44.5 cm³/mol. The molecule has 0 amide bonds. The number of nitrogens with zero attached hydrogens (tertiary/aromatic N) is 1. The summed E-state index contributed by atoms with van der Waals surface area (Å²) < 4.78 is 12.8. The van der Waals surface area contributed by atoms with Gasteiger partial charge in [-0.05, 0) is 19.4 Å². The first-order chi connectivity index (χ1) is 5.26. The Bertz CT molecular complexity index is 163. The first-order valence-corrected chi connectivity index (χ1v) is 3.72. The Balaban J connectivity index is 4.15. The van der Waals surface area contributed by atoms with E-state index in [2.05, 4.69) is 4.99 Å². The summed E-state index contributed by atoms with van der Waals surface area (Å²) in [6.45, 7) is 3.71. The highest BCUT2D eigenvalue weighted by Crippen LogP contribution is 2.03. The molecule has 0 aromatic heterocycles. The zero-order chi connectivity index (χ0) is 8.69. The maximum atomic E-state index is 12.8. The molecule has 0 spiro atoms. The third-order valence-electron chi connectivity index (χ3n) is 1.27. The van der Waals surface area contributed by atoms with Gasteiger partial charge in [-0.2, -0.15) is 0 Å². The Labute approximate surface area is 66.5 Å². The quantitative estimate of drug-likeness (QED) is 0.622. The minimum atomic E-state index is -0.291. The molecule has 0 saturated carbocycles. The smallest absolute Gasteiger partial charge is 0.139 e. The van der Waals surface area contributed by atoms with Crippen molar-refractivity contribution in [3.05, 3.63) is 11.9 Å². The zero-order valence-electron chi connectivity index (χ0n) is 6.97. The molecular weight excluding hydrogens is 145 g/mol. The van der Waals surface area contributed by atoms with Crippen LogP contribution >= 0.6 is 0 Å². The highest BCUT2D eigenvalue weighted by molar-refractivity contribution is 5.97. The Hall–Kier alpha value is -0.700. The first kappa shape index (κ1) is 10.3. The summed E-state index contributed by atoms with van der Waals surface area (Å²) in [7, 11) is 0. The minimum Gasteiger partial charge on any atom is -0.394 e. The molecule has 1 N–H and O–H groups in total. The second-order valence-corrected chi connectivity index (χ2v) is 2.04. The van der Waals surface area contributed by atoms with E-state index in [1.807, 2.05) is 6.92 Å². The molecule has 0 fully saturated rings. The predicted octanol–water partition coefficient (Wildman–Crippen LogP) is 1.70. The van der Waals surface area contributed by atoms with Gasteiger partial charge in [0, 0.05) is 0 Å². The van der Waals surface area contributed by atoms with Gasteiger partial charge in [0.1, 0.15) is 5.83 Å². The van der Waals surface area contributed by atoms with Crippen molar-refractivity contribution in [3.8, 4) is 0 Å². The molecule has 0 bridgehead atoms. The summed E-state index contributed by atoms with van der Waals surface area (Å²) in [5, 5.41) is 8.42. The topological polar surface area (TPSA) is 32.6 Å². The molecule has 0 rings (SSSR count). The van der Waals surface area contributed by atoms with Crippen molar-refractivity contribution in [1.29, 1.82) is 0 Å². The van der Waals surface area contributed by atoms with Gasteiger partial charge in [-0.3, -0.25) is 4.99 Å². The van der Waals surface area contributed by atoms with Crippen LogP contribution in [0.4, 0.5) is 4.39 Å². The van der Waals surface area contributed by atoms with E-state index in [4.69, 9.17) is 5.11 Å². The van der Waals surface area contributed by atoms with Crippen LogP contribution in [-0.4, -0.2) is 24.0 Å². The van der Waals surface area contributed by atoms with E-state index in [9.17, 15) is 4.39 Å². The van der Waals surface area contributed by atoms with Crippen LogP contribution in [0.1, 0.15) is 20.3 Å². The molecule has 11 heavy (non-hydrogen) atoms. The zero-order valence-corrected chi connectivity index (χ0v) is 6.97. The van der Waals surface area contributed by atoms with Crippen molar-refractivity contribution in [2.45, 2.75) is 20.3 Å². The summed E-state index contributed by atoms with van der Waals surface area (Å²) in [4.78, 5) is 3.85. The highest BCUT2D eigenvalue weighted by atomic mass is 19.1. The lowest BCUT2D eigenvalue weighted by Gasteiger charge is -1.98.